The molecule has 7 heteroatoms. The zero-order valence-corrected chi connectivity index (χ0v) is 13.0. The minimum atomic E-state index is -3.69. The van der Waals surface area contributed by atoms with Crippen molar-refractivity contribution in [3.8, 4) is 5.75 Å². The number of rotatable bonds is 6. The molecular weight excluding hydrogens is 294 g/mol. The van der Waals surface area contributed by atoms with Crippen LogP contribution in [-0.2, 0) is 21.4 Å². The first-order valence-corrected chi connectivity index (χ1v) is 8.33. The number of benzene rings is 1. The fourth-order valence-corrected chi connectivity index (χ4v) is 4.09. The van der Waals surface area contributed by atoms with Crippen molar-refractivity contribution in [2.75, 3.05) is 14.2 Å². The molecule has 21 heavy (non-hydrogen) atoms. The van der Waals surface area contributed by atoms with E-state index in [0.29, 0.717) is 5.56 Å². The minimum Gasteiger partial charge on any atom is -0.495 e. The van der Waals surface area contributed by atoms with Crippen LogP contribution in [0.2, 0.25) is 0 Å². The summed E-state index contributed by atoms with van der Waals surface area (Å²) in [4.78, 5) is 0.0731. The highest BCUT2D eigenvalue weighted by Gasteiger charge is 2.32. The molecule has 1 aliphatic rings. The van der Waals surface area contributed by atoms with E-state index in [1.807, 2.05) is 0 Å². The third-order valence-electron chi connectivity index (χ3n) is 3.76. The Bertz CT molecular complexity index is 587. The Balaban J connectivity index is 2.27. The van der Waals surface area contributed by atoms with Crippen LogP contribution in [0.1, 0.15) is 24.8 Å². The first-order chi connectivity index (χ1) is 10.0. The normalized spacial score (nSPS) is 22.4. The third-order valence-corrected chi connectivity index (χ3v) is 5.29. The first-order valence-electron chi connectivity index (χ1n) is 6.84. The minimum absolute atomic E-state index is 0.0731. The van der Waals surface area contributed by atoms with E-state index in [2.05, 4.69) is 4.72 Å². The van der Waals surface area contributed by atoms with Gasteiger partial charge >= 0.3 is 0 Å². The molecule has 6 nitrogen and oxygen atoms in total. The summed E-state index contributed by atoms with van der Waals surface area (Å²) in [7, 11) is -0.694. The summed E-state index contributed by atoms with van der Waals surface area (Å²) in [6, 6.07) is 4.32. The van der Waals surface area contributed by atoms with Gasteiger partial charge in [-0.1, -0.05) is 6.07 Å². The quantitative estimate of drug-likeness (QED) is 0.819. The van der Waals surface area contributed by atoms with E-state index in [1.54, 1.807) is 13.2 Å². The number of ether oxygens (including phenoxy) is 2. The Labute approximate surface area is 125 Å². The lowest BCUT2D eigenvalue weighted by Crippen LogP contribution is -2.40. The number of aliphatic hydroxyl groups is 1. The van der Waals surface area contributed by atoms with E-state index in [4.69, 9.17) is 14.6 Å². The van der Waals surface area contributed by atoms with Crippen LogP contribution in [0.25, 0.3) is 0 Å². The molecule has 118 valence electrons. The monoisotopic (exact) mass is 315 g/mol. The van der Waals surface area contributed by atoms with E-state index in [-0.39, 0.29) is 29.4 Å². The summed E-state index contributed by atoms with van der Waals surface area (Å²) < 4.78 is 38.2. The predicted molar refractivity (Wildman–Crippen MR) is 77.7 cm³/mol. The molecule has 0 heterocycles. The number of aliphatic hydroxyl groups excluding tert-OH is 1. The molecule has 1 fully saturated rings. The smallest absolute Gasteiger partial charge is 0.244 e. The average molecular weight is 315 g/mol. The van der Waals surface area contributed by atoms with E-state index >= 15 is 0 Å². The summed E-state index contributed by atoms with van der Waals surface area (Å²) >= 11 is 0. The van der Waals surface area contributed by atoms with Gasteiger partial charge in [0, 0.05) is 13.2 Å². The largest absolute Gasteiger partial charge is 0.495 e. The number of sulfonamides is 1. The zero-order chi connectivity index (χ0) is 15.5. The lowest BCUT2D eigenvalue weighted by molar-refractivity contribution is 0.0916. The Morgan fingerprint density at radius 2 is 2.10 bits per heavy atom. The van der Waals surface area contributed by atoms with Crippen molar-refractivity contribution in [1.82, 2.24) is 4.72 Å². The molecule has 1 aromatic rings. The van der Waals surface area contributed by atoms with Crippen LogP contribution >= 0.6 is 0 Å². The van der Waals surface area contributed by atoms with Gasteiger partial charge in [-0.15, -0.1) is 0 Å². The van der Waals surface area contributed by atoms with Crippen LogP contribution in [0, 0.1) is 0 Å². The van der Waals surface area contributed by atoms with E-state index in [0.717, 1.165) is 19.3 Å². The number of nitrogens with one attached hydrogen (secondary N) is 1. The molecule has 1 saturated carbocycles. The molecule has 2 rings (SSSR count). The molecule has 0 amide bonds. The van der Waals surface area contributed by atoms with Crippen molar-refractivity contribution < 1.29 is 23.0 Å². The molecule has 1 aromatic carbocycles. The summed E-state index contributed by atoms with van der Waals surface area (Å²) in [5.74, 6) is 0.223. The number of hydrogen-bond donors (Lipinski definition) is 2. The van der Waals surface area contributed by atoms with Crippen molar-refractivity contribution >= 4 is 10.0 Å². The van der Waals surface area contributed by atoms with Gasteiger partial charge in [-0.2, -0.15) is 0 Å². The molecule has 0 bridgehead atoms. The Morgan fingerprint density at radius 1 is 1.33 bits per heavy atom. The molecule has 0 radical (unpaired) electrons. The van der Waals surface area contributed by atoms with Crippen LogP contribution < -0.4 is 9.46 Å². The van der Waals surface area contributed by atoms with Gasteiger partial charge in [-0.3, -0.25) is 0 Å². The van der Waals surface area contributed by atoms with Crippen LogP contribution in [0.3, 0.4) is 0 Å². The molecule has 1 aliphatic carbocycles. The number of methoxy groups -OCH3 is 2. The first kappa shape index (κ1) is 16.2. The summed E-state index contributed by atoms with van der Waals surface area (Å²) in [6.07, 6.45) is 2.45. The fraction of sp³-hybridized carbons (Fsp3) is 0.571. The maximum absolute atomic E-state index is 12.5. The Kier molecular flexibility index (Phi) is 5.21. The summed E-state index contributed by atoms with van der Waals surface area (Å²) in [5, 5.41) is 9.11. The van der Waals surface area contributed by atoms with Crippen molar-refractivity contribution in [2.45, 2.75) is 42.9 Å². The maximum Gasteiger partial charge on any atom is 0.244 e. The van der Waals surface area contributed by atoms with Gasteiger partial charge in [0.1, 0.15) is 10.6 Å². The fourth-order valence-electron chi connectivity index (χ4n) is 2.64. The second-order valence-electron chi connectivity index (χ2n) is 5.08. The standard InChI is InChI=1S/C14H21NO5S/c1-19-12-5-3-4-11(12)15-21(17,18)14-7-6-10(9-16)8-13(14)20-2/h6-8,11-12,15-16H,3-5,9H2,1-2H3. The molecule has 2 atom stereocenters. The molecule has 2 N–H and O–H groups in total. The van der Waals surface area contributed by atoms with Gasteiger partial charge in [0.2, 0.25) is 10.0 Å². The van der Waals surface area contributed by atoms with Crippen LogP contribution in [0.15, 0.2) is 23.1 Å². The van der Waals surface area contributed by atoms with Gasteiger partial charge in [0.15, 0.2) is 0 Å². The van der Waals surface area contributed by atoms with Crippen molar-refractivity contribution in [2.24, 2.45) is 0 Å². The molecule has 0 aliphatic heterocycles. The molecule has 0 saturated heterocycles. The zero-order valence-electron chi connectivity index (χ0n) is 12.2. The highest BCUT2D eigenvalue weighted by molar-refractivity contribution is 7.89. The second kappa shape index (κ2) is 6.74. The summed E-state index contributed by atoms with van der Waals surface area (Å²) in [5.41, 5.74) is 0.599. The lowest BCUT2D eigenvalue weighted by Gasteiger charge is -2.20. The predicted octanol–water partition coefficient (Wildman–Crippen LogP) is 1.03. The Morgan fingerprint density at radius 3 is 2.71 bits per heavy atom. The molecular formula is C14H21NO5S. The SMILES string of the molecule is COc1cc(CO)ccc1S(=O)(=O)NC1CCCC1OC. The molecule has 0 aromatic heterocycles. The third kappa shape index (κ3) is 3.55. The van der Waals surface area contributed by atoms with Gasteiger partial charge in [0.05, 0.1) is 19.8 Å². The van der Waals surface area contributed by atoms with Crippen LogP contribution in [0.4, 0.5) is 0 Å². The second-order valence-corrected chi connectivity index (χ2v) is 6.76. The highest BCUT2D eigenvalue weighted by atomic mass is 32.2. The van der Waals surface area contributed by atoms with E-state index < -0.39 is 10.0 Å². The van der Waals surface area contributed by atoms with Crippen molar-refractivity contribution in [1.29, 1.82) is 0 Å². The Hall–Kier alpha value is -1.15. The maximum atomic E-state index is 12.5. The highest BCUT2D eigenvalue weighted by Crippen LogP contribution is 2.28. The van der Waals surface area contributed by atoms with Gasteiger partial charge in [-0.25, -0.2) is 13.1 Å². The van der Waals surface area contributed by atoms with Gasteiger partial charge < -0.3 is 14.6 Å². The van der Waals surface area contributed by atoms with Crippen molar-refractivity contribution in [3.05, 3.63) is 23.8 Å². The van der Waals surface area contributed by atoms with Crippen LogP contribution in [-0.4, -0.2) is 39.9 Å². The summed E-state index contributed by atoms with van der Waals surface area (Å²) in [6.45, 7) is -0.168. The van der Waals surface area contributed by atoms with Gasteiger partial charge in [-0.05, 0) is 37.0 Å². The van der Waals surface area contributed by atoms with Crippen LogP contribution in [0.5, 0.6) is 5.75 Å². The lowest BCUT2D eigenvalue weighted by atomic mass is 10.2. The topological polar surface area (TPSA) is 84.9 Å². The van der Waals surface area contributed by atoms with E-state index in [1.165, 1.54) is 19.2 Å². The van der Waals surface area contributed by atoms with Gasteiger partial charge in [0.25, 0.3) is 0 Å². The molecule has 0 spiro atoms. The van der Waals surface area contributed by atoms with E-state index in [9.17, 15) is 8.42 Å². The van der Waals surface area contributed by atoms with Crippen molar-refractivity contribution in [3.63, 3.8) is 0 Å². The molecule has 2 unspecified atom stereocenters. The average Bonchev–Trinajstić information content (AvgIpc) is 2.92. The number of hydrogen-bond acceptors (Lipinski definition) is 5.